The van der Waals surface area contributed by atoms with E-state index in [-0.39, 0.29) is 24.2 Å². The summed E-state index contributed by atoms with van der Waals surface area (Å²) in [6.45, 7) is 0.388. The number of amides is 2. The molecule has 6 heteroatoms. The van der Waals surface area contributed by atoms with Gasteiger partial charge in [0, 0.05) is 49.1 Å². The Kier molecular flexibility index (Phi) is 4.95. The van der Waals surface area contributed by atoms with E-state index in [1.807, 2.05) is 43.3 Å². The van der Waals surface area contributed by atoms with Gasteiger partial charge in [-0.25, -0.2) is 0 Å². The molecule has 1 aliphatic heterocycles. The number of anilines is 3. The van der Waals surface area contributed by atoms with E-state index in [2.05, 4.69) is 5.32 Å². The first kappa shape index (κ1) is 17.3. The second-order valence-electron chi connectivity index (χ2n) is 6.31. The summed E-state index contributed by atoms with van der Waals surface area (Å²) >= 11 is 5.84. The summed E-state index contributed by atoms with van der Waals surface area (Å²) in [5.41, 5.74) is 2.56. The fraction of sp³-hybridized carbons (Fsp3) is 0.263. The number of nitrogens with one attached hydrogen (secondary N) is 1. The normalized spacial score (nSPS) is 16.8. The van der Waals surface area contributed by atoms with Crippen molar-refractivity contribution in [1.82, 2.24) is 0 Å². The molecule has 0 spiro atoms. The molecule has 2 amide bonds. The number of halogens is 1. The number of benzene rings is 2. The van der Waals surface area contributed by atoms with Crippen molar-refractivity contribution in [2.45, 2.75) is 6.42 Å². The molecule has 130 valence electrons. The second-order valence-corrected chi connectivity index (χ2v) is 6.75. The van der Waals surface area contributed by atoms with E-state index in [0.29, 0.717) is 17.3 Å². The lowest BCUT2D eigenvalue weighted by Crippen LogP contribution is -2.28. The summed E-state index contributed by atoms with van der Waals surface area (Å²) < 4.78 is 0. The zero-order chi connectivity index (χ0) is 18.0. The van der Waals surface area contributed by atoms with Crippen molar-refractivity contribution in [2.24, 2.45) is 5.92 Å². The van der Waals surface area contributed by atoms with Crippen molar-refractivity contribution in [3.8, 4) is 0 Å². The highest BCUT2D eigenvalue weighted by Gasteiger charge is 2.35. The van der Waals surface area contributed by atoms with E-state index >= 15 is 0 Å². The Balaban J connectivity index is 1.67. The minimum Gasteiger partial charge on any atom is -0.378 e. The van der Waals surface area contributed by atoms with Crippen LogP contribution in [0.3, 0.4) is 0 Å². The van der Waals surface area contributed by atoms with Crippen LogP contribution in [0.4, 0.5) is 17.1 Å². The maximum absolute atomic E-state index is 12.4. The Morgan fingerprint density at radius 2 is 1.76 bits per heavy atom. The molecule has 0 saturated carbocycles. The van der Waals surface area contributed by atoms with Crippen LogP contribution in [0.1, 0.15) is 6.42 Å². The fourth-order valence-corrected chi connectivity index (χ4v) is 2.97. The minimum atomic E-state index is -0.364. The van der Waals surface area contributed by atoms with Crippen LogP contribution in [0.2, 0.25) is 5.02 Å². The molecule has 0 aromatic heterocycles. The van der Waals surface area contributed by atoms with Gasteiger partial charge in [-0.3, -0.25) is 9.59 Å². The van der Waals surface area contributed by atoms with Gasteiger partial charge in [-0.2, -0.15) is 0 Å². The summed E-state index contributed by atoms with van der Waals surface area (Å²) in [6, 6.07) is 14.7. The zero-order valence-corrected chi connectivity index (χ0v) is 15.0. The number of carbonyl (C=O) groups is 2. The third-order valence-electron chi connectivity index (χ3n) is 4.29. The number of hydrogen-bond donors (Lipinski definition) is 1. The lowest BCUT2D eigenvalue weighted by atomic mass is 10.1. The molecule has 1 unspecified atom stereocenters. The van der Waals surface area contributed by atoms with E-state index < -0.39 is 0 Å². The van der Waals surface area contributed by atoms with Gasteiger partial charge in [0.1, 0.15) is 0 Å². The summed E-state index contributed by atoms with van der Waals surface area (Å²) in [5, 5.41) is 3.46. The molecule has 25 heavy (non-hydrogen) atoms. The van der Waals surface area contributed by atoms with Gasteiger partial charge in [0.2, 0.25) is 11.8 Å². The van der Waals surface area contributed by atoms with Crippen molar-refractivity contribution in [1.29, 1.82) is 0 Å². The van der Waals surface area contributed by atoms with Gasteiger partial charge in [-0.15, -0.1) is 0 Å². The third-order valence-corrected chi connectivity index (χ3v) is 4.54. The Bertz CT molecular complexity index is 772. The topological polar surface area (TPSA) is 52.6 Å². The molecule has 0 bridgehead atoms. The van der Waals surface area contributed by atoms with Crippen LogP contribution in [-0.4, -0.2) is 32.5 Å². The molecule has 1 saturated heterocycles. The van der Waals surface area contributed by atoms with Crippen molar-refractivity contribution >= 4 is 40.5 Å². The molecule has 2 aromatic carbocycles. The molecule has 3 rings (SSSR count). The summed E-state index contributed by atoms with van der Waals surface area (Å²) in [4.78, 5) is 28.4. The van der Waals surface area contributed by atoms with Gasteiger partial charge in [0.05, 0.1) is 5.92 Å². The molecule has 1 heterocycles. The summed E-state index contributed by atoms with van der Waals surface area (Å²) in [7, 11) is 3.93. The molecule has 1 fully saturated rings. The zero-order valence-electron chi connectivity index (χ0n) is 14.2. The van der Waals surface area contributed by atoms with Crippen LogP contribution in [0, 0.1) is 5.92 Å². The highest BCUT2D eigenvalue weighted by molar-refractivity contribution is 6.30. The van der Waals surface area contributed by atoms with Gasteiger partial charge >= 0.3 is 0 Å². The minimum absolute atomic E-state index is 0.0335. The maximum atomic E-state index is 12.4. The quantitative estimate of drug-likeness (QED) is 0.912. The smallest absolute Gasteiger partial charge is 0.229 e. The SMILES string of the molecule is CN(C)c1ccc(N2CC(C(=O)Nc3ccc(Cl)cc3)CC2=O)cc1. The number of rotatable bonds is 4. The molecule has 0 radical (unpaired) electrons. The Labute approximate surface area is 152 Å². The van der Waals surface area contributed by atoms with Crippen molar-refractivity contribution in [3.63, 3.8) is 0 Å². The monoisotopic (exact) mass is 357 g/mol. The van der Waals surface area contributed by atoms with Crippen LogP contribution in [0.5, 0.6) is 0 Å². The van der Waals surface area contributed by atoms with Crippen LogP contribution in [-0.2, 0) is 9.59 Å². The summed E-state index contributed by atoms with van der Waals surface area (Å²) in [6.07, 6.45) is 0.217. The van der Waals surface area contributed by atoms with Gasteiger partial charge < -0.3 is 15.1 Å². The number of carbonyl (C=O) groups excluding carboxylic acids is 2. The molecule has 1 aliphatic rings. The molecular formula is C19H20ClN3O2. The Morgan fingerprint density at radius 3 is 2.36 bits per heavy atom. The second kappa shape index (κ2) is 7.15. The van der Waals surface area contributed by atoms with Crippen LogP contribution < -0.4 is 15.1 Å². The molecule has 1 N–H and O–H groups in total. The number of hydrogen-bond acceptors (Lipinski definition) is 3. The average Bonchev–Trinajstić information content (AvgIpc) is 2.99. The molecule has 2 aromatic rings. The first-order valence-corrected chi connectivity index (χ1v) is 8.46. The van der Waals surface area contributed by atoms with Gasteiger partial charge in [-0.1, -0.05) is 11.6 Å². The van der Waals surface area contributed by atoms with E-state index in [0.717, 1.165) is 11.4 Å². The van der Waals surface area contributed by atoms with Crippen LogP contribution in [0.25, 0.3) is 0 Å². The van der Waals surface area contributed by atoms with Crippen LogP contribution in [0.15, 0.2) is 48.5 Å². The van der Waals surface area contributed by atoms with Gasteiger partial charge in [-0.05, 0) is 48.5 Å². The molecule has 0 aliphatic carbocycles. The highest BCUT2D eigenvalue weighted by Crippen LogP contribution is 2.27. The van der Waals surface area contributed by atoms with Crippen molar-refractivity contribution in [3.05, 3.63) is 53.6 Å². The van der Waals surface area contributed by atoms with Crippen LogP contribution >= 0.6 is 11.6 Å². The molecule has 5 nitrogen and oxygen atoms in total. The van der Waals surface area contributed by atoms with Crippen molar-refractivity contribution < 1.29 is 9.59 Å². The van der Waals surface area contributed by atoms with E-state index in [1.54, 1.807) is 29.2 Å². The average molecular weight is 358 g/mol. The van der Waals surface area contributed by atoms with E-state index in [1.165, 1.54) is 0 Å². The first-order valence-electron chi connectivity index (χ1n) is 8.08. The third kappa shape index (κ3) is 3.94. The largest absolute Gasteiger partial charge is 0.378 e. The Hall–Kier alpha value is -2.53. The van der Waals surface area contributed by atoms with Crippen molar-refractivity contribution in [2.75, 3.05) is 35.8 Å². The summed E-state index contributed by atoms with van der Waals surface area (Å²) in [5.74, 6) is -0.548. The number of nitrogens with zero attached hydrogens (tertiary/aromatic N) is 2. The molecule has 1 atom stereocenters. The Morgan fingerprint density at radius 1 is 1.12 bits per heavy atom. The predicted octanol–water partition coefficient (Wildman–Crippen LogP) is 3.40. The highest BCUT2D eigenvalue weighted by atomic mass is 35.5. The van der Waals surface area contributed by atoms with E-state index in [4.69, 9.17) is 11.6 Å². The molecular weight excluding hydrogens is 338 g/mol. The van der Waals surface area contributed by atoms with E-state index in [9.17, 15) is 9.59 Å². The fourth-order valence-electron chi connectivity index (χ4n) is 2.84. The standard InChI is InChI=1S/C19H20ClN3O2/c1-22(2)16-7-9-17(10-8-16)23-12-13(11-18(23)24)19(25)21-15-5-3-14(20)4-6-15/h3-10,13H,11-12H2,1-2H3,(H,21,25). The lowest BCUT2D eigenvalue weighted by Gasteiger charge is -2.19. The van der Waals surface area contributed by atoms with Gasteiger partial charge in [0.25, 0.3) is 0 Å². The van der Waals surface area contributed by atoms with Gasteiger partial charge in [0.15, 0.2) is 0 Å². The first-order chi connectivity index (χ1) is 11.9. The predicted molar refractivity (Wildman–Crippen MR) is 101 cm³/mol. The maximum Gasteiger partial charge on any atom is 0.229 e. The lowest BCUT2D eigenvalue weighted by molar-refractivity contribution is -0.122.